The summed E-state index contributed by atoms with van der Waals surface area (Å²) in [6.07, 6.45) is 4.92. The number of amides is 4. The maximum atomic E-state index is 14.1. The fourth-order valence-corrected chi connectivity index (χ4v) is 6.29. The molecule has 0 spiro atoms. The summed E-state index contributed by atoms with van der Waals surface area (Å²) in [6.45, 7) is 2.51. The van der Waals surface area contributed by atoms with Crippen molar-refractivity contribution in [2.75, 3.05) is 26.7 Å². The Morgan fingerprint density at radius 2 is 1.80 bits per heavy atom. The summed E-state index contributed by atoms with van der Waals surface area (Å²) in [5.74, 6) is -0.597. The molecule has 2 unspecified atom stereocenters. The van der Waals surface area contributed by atoms with Gasteiger partial charge >= 0.3 is 6.03 Å². The lowest BCUT2D eigenvalue weighted by molar-refractivity contribution is -0.187. The van der Waals surface area contributed by atoms with Gasteiger partial charge in [-0.1, -0.05) is 60.1 Å². The lowest BCUT2D eigenvalue weighted by Crippen LogP contribution is -2.76. The Labute approximate surface area is 249 Å². The Morgan fingerprint density at radius 1 is 1.10 bits per heavy atom. The van der Waals surface area contributed by atoms with Crippen LogP contribution in [-0.2, 0) is 22.6 Å². The van der Waals surface area contributed by atoms with E-state index in [1.807, 2.05) is 43.3 Å². The molecule has 0 bridgehead atoms. The number of hydrazine groups is 1. The highest BCUT2D eigenvalue weighted by atomic mass is 35.5. The third-order valence-electron chi connectivity index (χ3n) is 7.85. The minimum absolute atomic E-state index is 0.0526. The van der Waals surface area contributed by atoms with E-state index in [1.165, 1.54) is 5.01 Å². The predicted molar refractivity (Wildman–Crippen MR) is 157 cm³/mol. The van der Waals surface area contributed by atoms with Gasteiger partial charge in [0.25, 0.3) is 0 Å². The number of aromatic hydroxyl groups is 1. The summed E-state index contributed by atoms with van der Waals surface area (Å²) in [5.41, 5.74) is 1.72. The molecule has 9 nitrogen and oxygen atoms in total. The average Bonchev–Trinajstić information content (AvgIpc) is 2.92. The first-order chi connectivity index (χ1) is 19.5. The molecular formula is C30H33Cl2N5O4. The second kappa shape index (κ2) is 11.8. The van der Waals surface area contributed by atoms with Crippen LogP contribution in [0.4, 0.5) is 4.79 Å². The number of phenolic OH excluding ortho intramolecular Hbond substituents is 1. The molecule has 2 aliphatic heterocycles. The van der Waals surface area contributed by atoms with E-state index in [0.717, 1.165) is 11.1 Å². The molecule has 216 valence electrons. The maximum absolute atomic E-state index is 14.1. The number of rotatable bonds is 6. The summed E-state index contributed by atoms with van der Waals surface area (Å²) in [5, 5.41) is 16.4. The van der Waals surface area contributed by atoms with Crippen molar-refractivity contribution in [2.45, 2.75) is 37.0 Å². The summed E-state index contributed by atoms with van der Waals surface area (Å²) < 4.78 is 0. The molecule has 5 rings (SSSR count). The molecule has 3 aliphatic rings. The Bertz CT molecular complexity index is 1360. The molecule has 1 aliphatic carbocycles. The highest BCUT2D eigenvalue weighted by Gasteiger charge is 2.51. The number of carbonyl (C=O) groups excluding carboxylic acids is 3. The van der Waals surface area contributed by atoms with Crippen LogP contribution in [0.25, 0.3) is 0 Å². The van der Waals surface area contributed by atoms with Gasteiger partial charge in [0, 0.05) is 37.5 Å². The van der Waals surface area contributed by atoms with Crippen molar-refractivity contribution in [3.05, 3.63) is 89.0 Å². The number of urea groups is 1. The number of allylic oxidation sites excluding steroid dienone is 3. The molecule has 11 heteroatoms. The zero-order valence-corrected chi connectivity index (χ0v) is 24.4. The van der Waals surface area contributed by atoms with Gasteiger partial charge in [0.2, 0.25) is 11.8 Å². The molecule has 41 heavy (non-hydrogen) atoms. The maximum Gasteiger partial charge on any atom is 0.334 e. The van der Waals surface area contributed by atoms with E-state index in [0.29, 0.717) is 11.6 Å². The summed E-state index contributed by atoms with van der Waals surface area (Å²) in [4.78, 5) is 43.6. The van der Waals surface area contributed by atoms with Crippen molar-refractivity contribution in [3.8, 4) is 5.75 Å². The molecule has 0 aromatic heterocycles. The topological polar surface area (TPSA) is 96.4 Å². The monoisotopic (exact) mass is 597 g/mol. The Hall–Kier alpha value is -3.53. The van der Waals surface area contributed by atoms with E-state index in [2.05, 4.69) is 5.32 Å². The molecule has 2 aromatic carbocycles. The minimum Gasteiger partial charge on any atom is -0.508 e. The highest BCUT2D eigenvalue weighted by molar-refractivity contribution is 6.33. The predicted octanol–water partition coefficient (Wildman–Crippen LogP) is 3.68. The lowest BCUT2D eigenvalue weighted by Gasteiger charge is -2.55. The highest BCUT2D eigenvalue weighted by Crippen LogP contribution is 2.36. The third kappa shape index (κ3) is 6.22. The van der Waals surface area contributed by atoms with Gasteiger partial charge in [-0.05, 0) is 42.3 Å². The number of nitrogens with zero attached hydrogens (tertiary/aromatic N) is 4. The van der Waals surface area contributed by atoms with Crippen molar-refractivity contribution in [1.29, 1.82) is 0 Å². The molecule has 2 saturated heterocycles. The Morgan fingerprint density at radius 3 is 2.49 bits per heavy atom. The van der Waals surface area contributed by atoms with Crippen LogP contribution >= 0.6 is 23.2 Å². The van der Waals surface area contributed by atoms with Gasteiger partial charge in [-0.2, -0.15) is 0 Å². The van der Waals surface area contributed by atoms with Crippen LogP contribution in [-0.4, -0.2) is 86.5 Å². The number of hydrogen-bond acceptors (Lipinski definition) is 5. The molecule has 0 radical (unpaired) electrons. The van der Waals surface area contributed by atoms with E-state index in [-0.39, 0.29) is 55.6 Å². The Kier molecular flexibility index (Phi) is 8.31. The van der Waals surface area contributed by atoms with Gasteiger partial charge < -0.3 is 20.2 Å². The van der Waals surface area contributed by atoms with Gasteiger partial charge in [0.05, 0.1) is 18.0 Å². The van der Waals surface area contributed by atoms with E-state index in [4.69, 9.17) is 23.2 Å². The zero-order valence-electron chi connectivity index (χ0n) is 22.9. The fraction of sp³-hybridized carbons (Fsp3) is 0.367. The second-order valence-electron chi connectivity index (χ2n) is 10.9. The normalized spacial score (nSPS) is 26.6. The van der Waals surface area contributed by atoms with Crippen molar-refractivity contribution < 1.29 is 19.5 Å². The first kappa shape index (κ1) is 29.0. The number of piperazine rings is 1. The van der Waals surface area contributed by atoms with Crippen LogP contribution < -0.4 is 5.32 Å². The number of halogens is 2. The number of nitrogens with one attached hydrogen (secondary N) is 1. The number of phenols is 1. The van der Waals surface area contributed by atoms with Gasteiger partial charge in [-0.25, -0.2) is 14.8 Å². The summed E-state index contributed by atoms with van der Waals surface area (Å²) >= 11 is 13.0. The van der Waals surface area contributed by atoms with Crippen LogP contribution in [0.1, 0.15) is 18.1 Å². The quantitative estimate of drug-likeness (QED) is 0.495. The van der Waals surface area contributed by atoms with Crippen LogP contribution in [0.5, 0.6) is 5.75 Å². The number of alkyl halides is 1. The third-order valence-corrected chi connectivity index (χ3v) is 8.47. The van der Waals surface area contributed by atoms with Gasteiger partial charge in [-0.15, -0.1) is 11.6 Å². The summed E-state index contributed by atoms with van der Waals surface area (Å²) in [7, 11) is 1.69. The molecule has 4 atom stereocenters. The molecule has 2 heterocycles. The van der Waals surface area contributed by atoms with Crippen molar-refractivity contribution in [3.63, 3.8) is 0 Å². The standard InChI is InChI=1S/C30H33Cl2N5O4/c1-30(32)15-23(31)11-10-22(30)17-35-18-26-36(25(28(35)40)14-20-8-12-24(38)13-9-20)27(39)19-34(2)37(26)29(41)33-16-21-6-4-3-5-7-21/h3-13,15,22,25-26,38H,14,16-19H2,1-2H3,(H,33,41)/t22?,25-,26-,30?/m0/s1. The molecule has 0 saturated carbocycles. The lowest BCUT2D eigenvalue weighted by atomic mass is 9.87. The zero-order chi connectivity index (χ0) is 29.3. The van der Waals surface area contributed by atoms with E-state index in [1.54, 1.807) is 58.3 Å². The van der Waals surface area contributed by atoms with E-state index in [9.17, 15) is 19.5 Å². The first-order valence-corrected chi connectivity index (χ1v) is 14.2. The van der Waals surface area contributed by atoms with Gasteiger partial charge in [-0.3, -0.25) is 9.59 Å². The first-order valence-electron chi connectivity index (χ1n) is 13.5. The van der Waals surface area contributed by atoms with E-state index >= 15 is 0 Å². The van der Waals surface area contributed by atoms with Crippen LogP contribution in [0.3, 0.4) is 0 Å². The molecule has 4 amide bonds. The van der Waals surface area contributed by atoms with E-state index < -0.39 is 17.1 Å². The molecule has 2 fully saturated rings. The Balaban J connectivity index is 1.46. The van der Waals surface area contributed by atoms with Crippen molar-refractivity contribution >= 4 is 41.0 Å². The van der Waals surface area contributed by atoms with Gasteiger partial charge in [0.15, 0.2) is 0 Å². The number of hydrogen-bond donors (Lipinski definition) is 2. The van der Waals surface area contributed by atoms with Crippen molar-refractivity contribution in [1.82, 2.24) is 25.1 Å². The minimum atomic E-state index is -0.850. The molecule has 2 N–H and O–H groups in total. The van der Waals surface area contributed by atoms with Gasteiger partial charge in [0.1, 0.15) is 18.0 Å². The van der Waals surface area contributed by atoms with Crippen LogP contribution in [0, 0.1) is 5.92 Å². The fourth-order valence-electron chi connectivity index (χ4n) is 5.68. The number of benzene rings is 2. The number of fused-ring (bicyclic) bond motifs is 1. The summed E-state index contributed by atoms with van der Waals surface area (Å²) in [6, 6.07) is 14.9. The molecule has 2 aromatic rings. The smallest absolute Gasteiger partial charge is 0.334 e. The van der Waals surface area contributed by atoms with Crippen LogP contribution in [0.15, 0.2) is 77.9 Å². The van der Waals surface area contributed by atoms with Crippen LogP contribution in [0.2, 0.25) is 0 Å². The van der Waals surface area contributed by atoms with Crippen molar-refractivity contribution in [2.24, 2.45) is 5.92 Å². The average molecular weight is 599 g/mol. The number of likely N-dealkylation sites (N-methyl/N-ethyl adjacent to an activating group) is 1. The SMILES string of the molecule is CN1CC(=O)N2[C@@H](Cc3ccc(O)cc3)C(=O)N(CC3C=CC(Cl)=CC3(C)Cl)C[C@@H]2N1C(=O)NCc1ccccc1. The molecular weight excluding hydrogens is 565 g/mol. The second-order valence-corrected chi connectivity index (χ2v) is 12.1. The largest absolute Gasteiger partial charge is 0.508 e. The number of carbonyl (C=O) groups is 3.